The molecule has 2 aromatic rings. The van der Waals surface area contributed by atoms with Crippen LogP contribution in [0, 0.1) is 5.92 Å². The summed E-state index contributed by atoms with van der Waals surface area (Å²) in [5.41, 5.74) is 0.612. The summed E-state index contributed by atoms with van der Waals surface area (Å²) in [5, 5.41) is 3.38. The van der Waals surface area contributed by atoms with E-state index in [1.54, 1.807) is 24.3 Å². The molecule has 2 bridgehead atoms. The molecule has 132 valence electrons. The lowest BCUT2D eigenvalue weighted by Gasteiger charge is -2.49. The van der Waals surface area contributed by atoms with Gasteiger partial charge in [-0.2, -0.15) is 4.98 Å². The quantitative estimate of drug-likeness (QED) is 0.904. The largest absolute Gasteiger partial charge is 0.411 e. The third-order valence-corrected chi connectivity index (χ3v) is 5.43. The van der Waals surface area contributed by atoms with Gasteiger partial charge in [0.25, 0.3) is 5.91 Å². The van der Waals surface area contributed by atoms with Crippen molar-refractivity contribution in [2.75, 3.05) is 13.1 Å². The summed E-state index contributed by atoms with van der Waals surface area (Å²) in [5.74, 6) is 1.07. The number of nitrogens with zero attached hydrogens (tertiary/aromatic N) is 2. The van der Waals surface area contributed by atoms with E-state index in [1.807, 2.05) is 0 Å². The molecule has 1 aromatic carbocycles. The highest BCUT2D eigenvalue weighted by molar-refractivity contribution is 6.28. The van der Waals surface area contributed by atoms with Crippen molar-refractivity contribution in [3.8, 4) is 11.8 Å². The summed E-state index contributed by atoms with van der Waals surface area (Å²) in [4.78, 5) is 18.9. The summed E-state index contributed by atoms with van der Waals surface area (Å²) in [6.07, 6.45) is 3.78. The van der Waals surface area contributed by atoms with Crippen LogP contribution in [0.1, 0.15) is 30.1 Å². The molecule has 0 spiro atoms. The molecule has 3 aliphatic rings. The molecule has 7 heteroatoms. The second kappa shape index (κ2) is 6.69. The van der Waals surface area contributed by atoms with Crippen molar-refractivity contribution in [1.29, 1.82) is 0 Å². The number of aromatic nitrogens is 1. The monoisotopic (exact) mass is 361 g/mol. The van der Waals surface area contributed by atoms with Crippen molar-refractivity contribution in [3.05, 3.63) is 41.2 Å². The van der Waals surface area contributed by atoms with Crippen molar-refractivity contribution < 1.29 is 13.9 Å². The van der Waals surface area contributed by atoms with Gasteiger partial charge in [-0.15, -0.1) is 0 Å². The van der Waals surface area contributed by atoms with Crippen LogP contribution in [0.4, 0.5) is 0 Å². The van der Waals surface area contributed by atoms with Crippen LogP contribution < -0.4 is 10.1 Å². The third kappa shape index (κ3) is 3.37. The number of hydrogen-bond acceptors (Lipinski definition) is 5. The van der Waals surface area contributed by atoms with Crippen molar-refractivity contribution in [1.82, 2.24) is 15.2 Å². The van der Waals surface area contributed by atoms with Gasteiger partial charge in [0.15, 0.2) is 0 Å². The van der Waals surface area contributed by atoms with Gasteiger partial charge < -0.3 is 14.5 Å². The Morgan fingerprint density at radius 3 is 2.64 bits per heavy atom. The molecular formula is C18H20ClN3O3. The number of rotatable bonds is 4. The summed E-state index contributed by atoms with van der Waals surface area (Å²) in [6, 6.07) is 7.52. The zero-order valence-electron chi connectivity index (χ0n) is 13.9. The van der Waals surface area contributed by atoms with Gasteiger partial charge in [-0.05, 0) is 74.6 Å². The van der Waals surface area contributed by atoms with Gasteiger partial charge in [-0.1, -0.05) is 0 Å². The number of oxazole rings is 1. The fourth-order valence-corrected chi connectivity index (χ4v) is 3.96. The minimum absolute atomic E-state index is 0.0451. The van der Waals surface area contributed by atoms with E-state index in [0.717, 1.165) is 13.1 Å². The van der Waals surface area contributed by atoms with E-state index in [-0.39, 0.29) is 23.2 Å². The standard InChI is InChI=1S/C18H20ClN3O3/c1-11-16(12-6-8-22(11)9-7-12)21-17(23)13-2-4-14(5-3-13)24-18-20-10-15(19)25-18/h2-5,10-12,16H,6-9H2,1H3,(H,21,23)/t11-,16-/m0/s1. The fourth-order valence-electron chi connectivity index (χ4n) is 3.84. The zero-order valence-corrected chi connectivity index (χ0v) is 14.7. The highest BCUT2D eigenvalue weighted by Gasteiger charge is 2.40. The molecule has 3 aliphatic heterocycles. The first-order valence-corrected chi connectivity index (χ1v) is 8.92. The third-order valence-electron chi connectivity index (χ3n) is 5.25. The minimum Gasteiger partial charge on any atom is -0.411 e. The van der Waals surface area contributed by atoms with Gasteiger partial charge in [-0.3, -0.25) is 9.69 Å². The van der Waals surface area contributed by atoms with E-state index in [0.29, 0.717) is 23.3 Å². The number of nitrogens with one attached hydrogen (secondary N) is 1. The van der Waals surface area contributed by atoms with E-state index in [9.17, 15) is 4.79 Å². The van der Waals surface area contributed by atoms with Crippen molar-refractivity contribution in [3.63, 3.8) is 0 Å². The summed E-state index contributed by atoms with van der Waals surface area (Å²) < 4.78 is 10.5. The highest BCUT2D eigenvalue weighted by Crippen LogP contribution is 2.32. The van der Waals surface area contributed by atoms with E-state index < -0.39 is 0 Å². The molecule has 2 atom stereocenters. The van der Waals surface area contributed by atoms with Crippen LogP contribution in [0.2, 0.25) is 5.22 Å². The molecule has 25 heavy (non-hydrogen) atoms. The number of carbonyl (C=O) groups is 1. The van der Waals surface area contributed by atoms with Gasteiger partial charge in [0, 0.05) is 17.6 Å². The smallest absolute Gasteiger partial charge is 0.400 e. The molecule has 0 aliphatic carbocycles. The molecule has 0 unspecified atom stereocenters. The molecule has 5 rings (SSSR count). The molecule has 3 fully saturated rings. The SMILES string of the molecule is C[C@H]1[C@H](NC(=O)c2ccc(Oc3ncc(Cl)o3)cc2)C2CCN1CC2. The lowest BCUT2D eigenvalue weighted by Crippen LogP contribution is -2.62. The average Bonchev–Trinajstić information content (AvgIpc) is 3.04. The number of piperidine rings is 3. The van der Waals surface area contributed by atoms with Crippen LogP contribution in [0.3, 0.4) is 0 Å². The average molecular weight is 362 g/mol. The van der Waals surface area contributed by atoms with Crippen LogP contribution >= 0.6 is 11.6 Å². The molecule has 3 saturated heterocycles. The molecule has 6 nitrogen and oxygen atoms in total. The molecule has 1 aromatic heterocycles. The Bertz CT molecular complexity index is 751. The Hall–Kier alpha value is -2.05. The first-order chi connectivity index (χ1) is 12.1. The molecule has 0 radical (unpaired) electrons. The van der Waals surface area contributed by atoms with Gasteiger partial charge in [0.1, 0.15) is 5.75 Å². The van der Waals surface area contributed by atoms with Crippen LogP contribution in [-0.2, 0) is 0 Å². The van der Waals surface area contributed by atoms with Crippen molar-refractivity contribution >= 4 is 17.5 Å². The lowest BCUT2D eigenvalue weighted by molar-refractivity contribution is 0.0217. The molecule has 1 N–H and O–H groups in total. The topological polar surface area (TPSA) is 67.6 Å². The first-order valence-electron chi connectivity index (χ1n) is 8.54. The van der Waals surface area contributed by atoms with E-state index in [4.69, 9.17) is 20.8 Å². The van der Waals surface area contributed by atoms with E-state index in [1.165, 1.54) is 19.0 Å². The maximum absolute atomic E-state index is 12.6. The van der Waals surface area contributed by atoms with Gasteiger partial charge >= 0.3 is 6.08 Å². The minimum atomic E-state index is -0.0451. The van der Waals surface area contributed by atoms with Crippen molar-refractivity contribution in [2.24, 2.45) is 5.92 Å². The van der Waals surface area contributed by atoms with Crippen LogP contribution in [-0.4, -0.2) is 41.0 Å². The zero-order chi connectivity index (χ0) is 17.4. The highest BCUT2D eigenvalue weighted by atomic mass is 35.5. The molecule has 1 amide bonds. The Labute approximate surface area is 151 Å². The normalized spacial score (nSPS) is 27.9. The molecular weight excluding hydrogens is 342 g/mol. The number of carbonyl (C=O) groups excluding carboxylic acids is 1. The predicted molar refractivity (Wildman–Crippen MR) is 93.0 cm³/mol. The lowest BCUT2D eigenvalue weighted by atomic mass is 9.79. The fraction of sp³-hybridized carbons (Fsp3) is 0.444. The Kier molecular flexibility index (Phi) is 4.39. The Balaban J connectivity index is 1.40. The first kappa shape index (κ1) is 16.4. The maximum atomic E-state index is 12.6. The van der Waals surface area contributed by atoms with Crippen LogP contribution in [0.5, 0.6) is 11.8 Å². The number of fused-ring (bicyclic) bond motifs is 3. The van der Waals surface area contributed by atoms with Crippen LogP contribution in [0.25, 0.3) is 0 Å². The second-order valence-electron chi connectivity index (χ2n) is 6.67. The van der Waals surface area contributed by atoms with E-state index >= 15 is 0 Å². The summed E-state index contributed by atoms with van der Waals surface area (Å²) in [7, 11) is 0. The number of halogens is 1. The molecule has 0 saturated carbocycles. The number of benzene rings is 1. The molecule has 4 heterocycles. The summed E-state index contributed by atoms with van der Waals surface area (Å²) in [6.45, 7) is 4.50. The van der Waals surface area contributed by atoms with Crippen LogP contribution in [0.15, 0.2) is 34.9 Å². The van der Waals surface area contributed by atoms with E-state index in [2.05, 4.69) is 22.1 Å². The van der Waals surface area contributed by atoms with Gasteiger partial charge in [0.05, 0.1) is 6.20 Å². The number of amides is 1. The Morgan fingerprint density at radius 1 is 1.32 bits per heavy atom. The van der Waals surface area contributed by atoms with Gasteiger partial charge in [0.2, 0.25) is 5.22 Å². The second-order valence-corrected chi connectivity index (χ2v) is 7.04. The number of ether oxygens (including phenoxy) is 1. The maximum Gasteiger partial charge on any atom is 0.400 e. The Morgan fingerprint density at radius 2 is 2.04 bits per heavy atom. The van der Waals surface area contributed by atoms with Gasteiger partial charge in [-0.25, -0.2) is 0 Å². The predicted octanol–water partition coefficient (Wildman–Crippen LogP) is 3.33. The summed E-state index contributed by atoms with van der Waals surface area (Å²) >= 11 is 5.66. The van der Waals surface area contributed by atoms with Crippen molar-refractivity contribution in [2.45, 2.75) is 31.8 Å². The number of hydrogen-bond donors (Lipinski definition) is 1.